The van der Waals surface area contributed by atoms with Gasteiger partial charge in [0.05, 0.1) is 6.04 Å². The average Bonchev–Trinajstić information content (AvgIpc) is 3.01. The average molecular weight is 291 g/mol. The first-order valence-electron chi connectivity index (χ1n) is 7.00. The molecule has 0 saturated carbocycles. The maximum Gasteiger partial charge on any atom is 0.217 e. The van der Waals surface area contributed by atoms with Crippen LogP contribution in [0.25, 0.3) is 0 Å². The van der Waals surface area contributed by atoms with Gasteiger partial charge < -0.3 is 0 Å². The minimum absolute atomic E-state index is 0.0236. The zero-order valence-electron chi connectivity index (χ0n) is 11.6. The van der Waals surface area contributed by atoms with Crippen LogP contribution < -0.4 is 0 Å². The number of halogens is 2. The van der Waals surface area contributed by atoms with E-state index in [2.05, 4.69) is 10.1 Å². The minimum Gasteiger partial charge on any atom is -0.291 e. The van der Waals surface area contributed by atoms with Crippen molar-refractivity contribution in [3.63, 3.8) is 0 Å². The highest BCUT2D eigenvalue weighted by Crippen LogP contribution is 2.40. The van der Waals surface area contributed by atoms with E-state index in [0.717, 1.165) is 0 Å². The van der Waals surface area contributed by atoms with E-state index in [4.69, 9.17) is 0 Å². The van der Waals surface area contributed by atoms with Crippen molar-refractivity contribution in [2.45, 2.75) is 38.4 Å². The summed E-state index contributed by atoms with van der Waals surface area (Å²) in [5, 5.41) is 4.11. The molecule has 0 N–H and O–H groups in total. The number of Topliss-reactive ketones (excluding diaryl/α,β-unsaturated/α-hetero) is 1. The largest absolute Gasteiger partial charge is 0.291 e. The summed E-state index contributed by atoms with van der Waals surface area (Å²) in [5.41, 5.74) is 0.373. The molecule has 0 aliphatic carbocycles. The predicted molar refractivity (Wildman–Crippen MR) is 72.3 cm³/mol. The monoisotopic (exact) mass is 291 g/mol. The van der Waals surface area contributed by atoms with Crippen LogP contribution in [-0.2, 0) is 0 Å². The third-order valence-electron chi connectivity index (χ3n) is 3.65. The topological polar surface area (TPSA) is 47.8 Å². The summed E-state index contributed by atoms with van der Waals surface area (Å²) < 4.78 is 29.3. The van der Waals surface area contributed by atoms with E-state index >= 15 is 0 Å². The van der Waals surface area contributed by atoms with Crippen molar-refractivity contribution in [2.75, 3.05) is 0 Å². The van der Waals surface area contributed by atoms with E-state index in [1.54, 1.807) is 18.2 Å². The third kappa shape index (κ3) is 2.34. The van der Waals surface area contributed by atoms with Crippen LogP contribution in [-0.4, -0.2) is 20.5 Å². The first-order valence-corrected chi connectivity index (χ1v) is 7.00. The van der Waals surface area contributed by atoms with Crippen LogP contribution in [0.5, 0.6) is 0 Å². The summed E-state index contributed by atoms with van der Waals surface area (Å²) in [5.74, 6) is -0.475. The number of hydrogen-bond acceptors (Lipinski definition) is 3. The van der Waals surface area contributed by atoms with E-state index < -0.39 is 18.0 Å². The van der Waals surface area contributed by atoms with Crippen molar-refractivity contribution in [2.24, 2.45) is 0 Å². The summed E-state index contributed by atoms with van der Waals surface area (Å²) in [4.78, 5) is 15.8. The zero-order chi connectivity index (χ0) is 15.0. The number of benzene rings is 1. The Labute approximate surface area is 120 Å². The number of aromatic nitrogens is 3. The van der Waals surface area contributed by atoms with Gasteiger partial charge in [-0.05, 0) is 12.5 Å². The Morgan fingerprint density at radius 3 is 2.90 bits per heavy atom. The van der Waals surface area contributed by atoms with Crippen LogP contribution >= 0.6 is 0 Å². The Morgan fingerprint density at radius 1 is 1.43 bits per heavy atom. The van der Waals surface area contributed by atoms with Crippen LogP contribution in [0, 0.1) is 5.82 Å². The fourth-order valence-electron chi connectivity index (χ4n) is 2.64. The van der Waals surface area contributed by atoms with Crippen LogP contribution in [0.1, 0.15) is 60.4 Å². The van der Waals surface area contributed by atoms with Gasteiger partial charge in [0.15, 0.2) is 12.0 Å². The van der Waals surface area contributed by atoms with Gasteiger partial charge in [-0.25, -0.2) is 18.4 Å². The molecular weight excluding hydrogens is 276 g/mol. The summed E-state index contributed by atoms with van der Waals surface area (Å²) in [7, 11) is 0. The summed E-state index contributed by atoms with van der Waals surface area (Å²) >= 11 is 0. The number of carbonyl (C=O) groups excluding carboxylic acids is 1. The minimum atomic E-state index is -1.33. The Kier molecular flexibility index (Phi) is 3.53. The molecule has 0 saturated heterocycles. The second kappa shape index (κ2) is 5.35. The molecule has 2 atom stereocenters. The van der Waals surface area contributed by atoms with Gasteiger partial charge in [-0.3, -0.25) is 4.79 Å². The van der Waals surface area contributed by atoms with Gasteiger partial charge in [-0.1, -0.05) is 25.1 Å². The van der Waals surface area contributed by atoms with Crippen LogP contribution in [0.3, 0.4) is 0 Å². The SMILES string of the molecule is CCCC(=O)c1nc2n(n1)C(c1ccccc1F)CC2F. The second-order valence-corrected chi connectivity index (χ2v) is 5.15. The van der Waals surface area contributed by atoms with Gasteiger partial charge >= 0.3 is 0 Å². The zero-order valence-corrected chi connectivity index (χ0v) is 11.6. The lowest BCUT2D eigenvalue weighted by atomic mass is 10.0. The van der Waals surface area contributed by atoms with Crippen molar-refractivity contribution in [3.8, 4) is 0 Å². The normalized spacial score (nSPS) is 20.5. The number of ketones is 1. The van der Waals surface area contributed by atoms with Gasteiger partial charge in [0.2, 0.25) is 11.6 Å². The first kappa shape index (κ1) is 13.9. The van der Waals surface area contributed by atoms with Gasteiger partial charge in [0, 0.05) is 18.4 Å². The molecule has 0 radical (unpaired) electrons. The molecule has 110 valence electrons. The third-order valence-corrected chi connectivity index (χ3v) is 3.65. The molecule has 1 aromatic carbocycles. The molecule has 4 nitrogen and oxygen atoms in total. The van der Waals surface area contributed by atoms with E-state index in [-0.39, 0.29) is 23.9 Å². The lowest BCUT2D eigenvalue weighted by molar-refractivity contribution is 0.0971. The second-order valence-electron chi connectivity index (χ2n) is 5.15. The molecule has 1 aromatic heterocycles. The molecule has 2 unspecified atom stereocenters. The van der Waals surface area contributed by atoms with Crippen molar-refractivity contribution in [1.29, 1.82) is 0 Å². The van der Waals surface area contributed by atoms with Crippen LogP contribution in [0.15, 0.2) is 24.3 Å². The molecule has 3 rings (SSSR count). The van der Waals surface area contributed by atoms with Gasteiger partial charge in [0.25, 0.3) is 0 Å². The number of nitrogens with zero attached hydrogens (tertiary/aromatic N) is 3. The molecule has 6 heteroatoms. The quantitative estimate of drug-likeness (QED) is 0.811. The van der Waals surface area contributed by atoms with E-state index in [9.17, 15) is 13.6 Å². The molecule has 1 aliphatic heterocycles. The number of carbonyl (C=O) groups is 1. The molecule has 21 heavy (non-hydrogen) atoms. The van der Waals surface area contributed by atoms with Crippen LogP contribution in [0.4, 0.5) is 8.78 Å². The Hall–Kier alpha value is -2.11. The number of alkyl halides is 1. The Morgan fingerprint density at radius 2 is 2.19 bits per heavy atom. The number of rotatable bonds is 4. The maximum absolute atomic E-state index is 14.1. The molecule has 0 fully saturated rings. The molecule has 1 aliphatic rings. The van der Waals surface area contributed by atoms with Crippen molar-refractivity contribution >= 4 is 5.78 Å². The van der Waals surface area contributed by atoms with Crippen molar-refractivity contribution in [3.05, 3.63) is 47.3 Å². The van der Waals surface area contributed by atoms with Gasteiger partial charge in [0.1, 0.15) is 5.82 Å². The smallest absolute Gasteiger partial charge is 0.217 e. The highest BCUT2D eigenvalue weighted by atomic mass is 19.1. The summed E-state index contributed by atoms with van der Waals surface area (Å²) in [6.45, 7) is 1.88. The van der Waals surface area contributed by atoms with Crippen molar-refractivity contribution in [1.82, 2.24) is 14.8 Å². The highest BCUT2D eigenvalue weighted by Gasteiger charge is 2.37. The molecule has 0 bridgehead atoms. The highest BCUT2D eigenvalue weighted by molar-refractivity contribution is 5.92. The molecule has 0 spiro atoms. The lowest BCUT2D eigenvalue weighted by Crippen LogP contribution is -2.11. The summed E-state index contributed by atoms with van der Waals surface area (Å²) in [6.07, 6.45) is -0.229. The summed E-state index contributed by atoms with van der Waals surface area (Å²) in [6, 6.07) is 5.67. The Bertz CT molecular complexity index is 683. The maximum atomic E-state index is 14.1. The van der Waals surface area contributed by atoms with Gasteiger partial charge in [-0.2, -0.15) is 0 Å². The van der Waals surface area contributed by atoms with Crippen LogP contribution in [0.2, 0.25) is 0 Å². The molecule has 0 amide bonds. The van der Waals surface area contributed by atoms with E-state index in [1.165, 1.54) is 10.7 Å². The lowest BCUT2D eigenvalue weighted by Gasteiger charge is -2.12. The van der Waals surface area contributed by atoms with Gasteiger partial charge in [-0.15, -0.1) is 5.10 Å². The first-order chi connectivity index (χ1) is 10.1. The standard InChI is InChI=1S/C15H15F2N3O/c1-2-5-13(21)14-18-15-11(17)8-12(20(15)19-14)9-6-3-4-7-10(9)16/h3-4,6-7,11-12H,2,5,8H2,1H3. The Balaban J connectivity index is 1.99. The van der Waals surface area contributed by atoms with E-state index in [1.807, 2.05) is 6.92 Å². The fourth-order valence-corrected chi connectivity index (χ4v) is 2.64. The molecular formula is C15H15F2N3O. The number of fused-ring (bicyclic) bond motifs is 1. The predicted octanol–water partition coefficient (Wildman–Crippen LogP) is 3.40. The van der Waals surface area contributed by atoms with Crippen molar-refractivity contribution < 1.29 is 13.6 Å². The van der Waals surface area contributed by atoms with E-state index in [0.29, 0.717) is 18.4 Å². The number of hydrogen-bond donors (Lipinski definition) is 0. The fraction of sp³-hybridized carbons (Fsp3) is 0.400. The molecule has 2 aromatic rings. The molecule has 2 heterocycles.